The number of rotatable bonds is 8. The molecule has 0 bridgehead atoms. The first-order valence-electron chi connectivity index (χ1n) is 12.0. The Morgan fingerprint density at radius 1 is 1.14 bits per heavy atom. The highest BCUT2D eigenvalue weighted by atomic mass is 16.3. The molecule has 4 aromatic rings. The number of nitrogen functional groups attached to an aromatic ring is 1. The molecule has 2 heterocycles. The van der Waals surface area contributed by atoms with E-state index < -0.39 is 6.10 Å². The standard InChI is InChI=1S/C28H30N6O2/c1-3-34(4-2)18-23(35)17-31-28(36)20-8-5-19(6-9-20)7-12-24-25-15-21(26-13-14-32-33-26)10-11-22(25)16-30-27(24)29/h5-6,8-11,13-16,23,35H,3-4,17-18H2,1-2H3,(H2,29,30)(H,31,36)(H,32,33). The predicted molar refractivity (Wildman–Crippen MR) is 142 cm³/mol. The molecule has 0 fully saturated rings. The SMILES string of the molecule is CCN(CC)CC(O)CNC(=O)c1ccc(C#Cc2c(N)ncc3ccc(-c4ccn[nH]4)cc23)cc1. The molecule has 8 heteroatoms. The number of nitrogens with two attached hydrogens (primary N) is 1. The minimum atomic E-state index is -0.618. The molecule has 0 radical (unpaired) electrons. The molecule has 2 aromatic carbocycles. The highest BCUT2D eigenvalue weighted by Gasteiger charge is 2.12. The van der Waals surface area contributed by atoms with Crippen molar-refractivity contribution in [2.45, 2.75) is 20.0 Å². The number of anilines is 1. The number of hydrogen-bond acceptors (Lipinski definition) is 6. The van der Waals surface area contributed by atoms with Crippen LogP contribution in [0.5, 0.6) is 0 Å². The minimum Gasteiger partial charge on any atom is -0.390 e. The molecule has 184 valence electrons. The summed E-state index contributed by atoms with van der Waals surface area (Å²) in [4.78, 5) is 18.9. The van der Waals surface area contributed by atoms with Crippen LogP contribution < -0.4 is 11.1 Å². The van der Waals surface area contributed by atoms with Gasteiger partial charge in [-0.3, -0.25) is 9.89 Å². The van der Waals surface area contributed by atoms with Crippen molar-refractivity contribution in [2.75, 3.05) is 31.9 Å². The summed E-state index contributed by atoms with van der Waals surface area (Å²) in [5.41, 5.74) is 9.96. The Morgan fingerprint density at radius 2 is 1.92 bits per heavy atom. The van der Waals surface area contributed by atoms with Gasteiger partial charge < -0.3 is 21.1 Å². The van der Waals surface area contributed by atoms with E-state index in [1.807, 2.05) is 38.1 Å². The second-order valence-electron chi connectivity index (χ2n) is 8.47. The van der Waals surface area contributed by atoms with E-state index in [-0.39, 0.29) is 12.5 Å². The lowest BCUT2D eigenvalue weighted by molar-refractivity contribution is 0.0869. The second-order valence-corrected chi connectivity index (χ2v) is 8.47. The number of carbonyl (C=O) groups excluding carboxylic acids is 1. The lowest BCUT2D eigenvalue weighted by Crippen LogP contribution is -2.40. The molecule has 1 unspecified atom stereocenters. The summed E-state index contributed by atoms with van der Waals surface area (Å²) in [7, 11) is 0. The average molecular weight is 483 g/mol. The van der Waals surface area contributed by atoms with Crippen LogP contribution in [-0.2, 0) is 0 Å². The smallest absolute Gasteiger partial charge is 0.251 e. The van der Waals surface area contributed by atoms with Gasteiger partial charge in [0.1, 0.15) is 5.82 Å². The fourth-order valence-corrected chi connectivity index (χ4v) is 3.94. The number of pyridine rings is 1. The molecule has 0 aliphatic heterocycles. The molecule has 0 aliphatic rings. The van der Waals surface area contributed by atoms with Crippen molar-refractivity contribution in [3.63, 3.8) is 0 Å². The van der Waals surface area contributed by atoms with Gasteiger partial charge in [0.25, 0.3) is 5.91 Å². The van der Waals surface area contributed by atoms with Gasteiger partial charge in [0.15, 0.2) is 0 Å². The largest absolute Gasteiger partial charge is 0.390 e. The molecule has 1 atom stereocenters. The molecule has 0 saturated carbocycles. The van der Waals surface area contributed by atoms with Gasteiger partial charge in [-0.1, -0.05) is 37.8 Å². The summed E-state index contributed by atoms with van der Waals surface area (Å²) in [6, 6.07) is 14.9. The number of aromatic amines is 1. The summed E-state index contributed by atoms with van der Waals surface area (Å²) in [5.74, 6) is 6.42. The zero-order valence-corrected chi connectivity index (χ0v) is 20.5. The number of aromatic nitrogens is 3. The quantitative estimate of drug-likeness (QED) is 0.287. The van der Waals surface area contributed by atoms with E-state index in [4.69, 9.17) is 5.73 Å². The fraction of sp³-hybridized carbons (Fsp3) is 0.250. The van der Waals surface area contributed by atoms with Crippen molar-refractivity contribution in [3.8, 4) is 23.1 Å². The zero-order chi connectivity index (χ0) is 25.5. The van der Waals surface area contributed by atoms with E-state index in [9.17, 15) is 9.90 Å². The molecule has 0 spiro atoms. The van der Waals surface area contributed by atoms with Crippen molar-refractivity contribution in [2.24, 2.45) is 0 Å². The van der Waals surface area contributed by atoms with E-state index >= 15 is 0 Å². The molecular formula is C28H30N6O2. The Morgan fingerprint density at radius 3 is 2.61 bits per heavy atom. The van der Waals surface area contributed by atoms with Crippen LogP contribution in [-0.4, -0.2) is 63.4 Å². The van der Waals surface area contributed by atoms with Crippen LogP contribution in [0.25, 0.3) is 22.0 Å². The van der Waals surface area contributed by atoms with Crippen LogP contribution in [0, 0.1) is 11.8 Å². The molecule has 4 rings (SSSR count). The molecule has 2 aromatic heterocycles. The number of nitrogens with one attached hydrogen (secondary N) is 2. The third-order valence-corrected chi connectivity index (χ3v) is 6.07. The number of aliphatic hydroxyl groups excluding tert-OH is 1. The normalized spacial score (nSPS) is 11.8. The number of hydrogen-bond donors (Lipinski definition) is 4. The first-order chi connectivity index (χ1) is 17.5. The first kappa shape index (κ1) is 24.9. The molecule has 8 nitrogen and oxygen atoms in total. The maximum absolute atomic E-state index is 12.5. The van der Waals surface area contributed by atoms with Crippen LogP contribution in [0.15, 0.2) is 60.9 Å². The van der Waals surface area contributed by atoms with E-state index in [0.717, 1.165) is 40.7 Å². The van der Waals surface area contributed by atoms with Gasteiger partial charge in [-0.15, -0.1) is 0 Å². The van der Waals surface area contributed by atoms with Crippen molar-refractivity contribution in [3.05, 3.63) is 77.6 Å². The monoisotopic (exact) mass is 482 g/mol. The number of amides is 1. The van der Waals surface area contributed by atoms with Crippen molar-refractivity contribution in [1.82, 2.24) is 25.4 Å². The van der Waals surface area contributed by atoms with E-state index in [2.05, 4.69) is 37.2 Å². The Kier molecular flexibility index (Phi) is 7.95. The van der Waals surface area contributed by atoms with Crippen molar-refractivity contribution in [1.29, 1.82) is 0 Å². The van der Waals surface area contributed by atoms with Crippen LogP contribution in [0.3, 0.4) is 0 Å². The van der Waals surface area contributed by atoms with E-state index in [0.29, 0.717) is 23.5 Å². The third kappa shape index (κ3) is 5.89. The molecule has 0 aliphatic carbocycles. The van der Waals surface area contributed by atoms with Gasteiger partial charge in [-0.2, -0.15) is 5.10 Å². The number of aliphatic hydroxyl groups is 1. The molecule has 5 N–H and O–H groups in total. The summed E-state index contributed by atoms with van der Waals surface area (Å²) >= 11 is 0. The third-order valence-electron chi connectivity index (χ3n) is 6.07. The Balaban J connectivity index is 1.48. The number of nitrogens with zero attached hydrogens (tertiary/aromatic N) is 3. The Hall–Kier alpha value is -4.19. The van der Waals surface area contributed by atoms with Gasteiger partial charge in [-0.25, -0.2) is 4.98 Å². The van der Waals surface area contributed by atoms with Crippen LogP contribution in [0.4, 0.5) is 5.82 Å². The number of fused-ring (bicyclic) bond motifs is 1. The van der Waals surface area contributed by atoms with E-state index in [1.165, 1.54) is 0 Å². The van der Waals surface area contributed by atoms with Gasteiger partial charge in [0.2, 0.25) is 0 Å². The lowest BCUT2D eigenvalue weighted by Gasteiger charge is -2.22. The average Bonchev–Trinajstić information content (AvgIpc) is 3.45. The Labute approximate surface area is 210 Å². The summed E-state index contributed by atoms with van der Waals surface area (Å²) in [5, 5.41) is 21.8. The molecule has 1 amide bonds. The fourth-order valence-electron chi connectivity index (χ4n) is 3.94. The number of likely N-dealkylation sites (N-methyl/N-ethyl adjacent to an activating group) is 1. The summed E-state index contributed by atoms with van der Waals surface area (Å²) < 4.78 is 0. The molecular weight excluding hydrogens is 452 g/mol. The second kappa shape index (κ2) is 11.5. The van der Waals surface area contributed by atoms with Gasteiger partial charge in [0, 0.05) is 52.9 Å². The topological polar surface area (TPSA) is 120 Å². The van der Waals surface area contributed by atoms with Gasteiger partial charge >= 0.3 is 0 Å². The summed E-state index contributed by atoms with van der Waals surface area (Å²) in [6.07, 6.45) is 2.82. The molecule has 0 saturated heterocycles. The van der Waals surface area contributed by atoms with Crippen LogP contribution >= 0.6 is 0 Å². The first-order valence-corrected chi connectivity index (χ1v) is 12.0. The highest BCUT2D eigenvalue weighted by Crippen LogP contribution is 2.27. The van der Waals surface area contributed by atoms with Crippen LogP contribution in [0.2, 0.25) is 0 Å². The van der Waals surface area contributed by atoms with Gasteiger partial charge in [-0.05, 0) is 49.5 Å². The van der Waals surface area contributed by atoms with E-state index in [1.54, 1.807) is 36.7 Å². The summed E-state index contributed by atoms with van der Waals surface area (Å²) in [6.45, 7) is 6.53. The van der Waals surface area contributed by atoms with Crippen molar-refractivity contribution >= 4 is 22.5 Å². The zero-order valence-electron chi connectivity index (χ0n) is 20.5. The van der Waals surface area contributed by atoms with Crippen molar-refractivity contribution < 1.29 is 9.90 Å². The maximum atomic E-state index is 12.5. The number of benzene rings is 2. The predicted octanol–water partition coefficient (Wildman–Crippen LogP) is 3.04. The highest BCUT2D eigenvalue weighted by molar-refractivity contribution is 5.95. The van der Waals surface area contributed by atoms with Gasteiger partial charge in [0.05, 0.1) is 17.4 Å². The number of carbonyl (C=O) groups is 1. The Bertz CT molecular complexity index is 1380. The molecule has 36 heavy (non-hydrogen) atoms. The minimum absolute atomic E-state index is 0.199. The lowest BCUT2D eigenvalue weighted by atomic mass is 10.0. The maximum Gasteiger partial charge on any atom is 0.251 e. The van der Waals surface area contributed by atoms with Crippen LogP contribution in [0.1, 0.15) is 35.3 Å². The number of H-pyrrole nitrogens is 1.